The third kappa shape index (κ3) is 1.75. The van der Waals surface area contributed by atoms with Gasteiger partial charge >= 0.3 is 0 Å². The lowest BCUT2D eigenvalue weighted by atomic mass is 9.34. The standard InChI is InChI=1S/C19H15BO2/c1-3-8-15-13(4-2)20-14-9-5-6-10-16(14)22-18-12-7-11-17(21-15)19(18)20/h3-12H,2H2,1H3/b8-3-. The molecule has 4 rings (SSSR count). The highest BCUT2D eigenvalue weighted by molar-refractivity contribution is 6.93. The van der Waals surface area contributed by atoms with Crippen LogP contribution in [0.15, 0.2) is 78.5 Å². The number of rotatable bonds is 2. The summed E-state index contributed by atoms with van der Waals surface area (Å²) in [7, 11) is 0. The quantitative estimate of drug-likeness (QED) is 0.788. The van der Waals surface area contributed by atoms with Gasteiger partial charge in [0.2, 0.25) is 0 Å². The summed E-state index contributed by atoms with van der Waals surface area (Å²) in [6.45, 7) is 6.09. The Hall–Kier alpha value is -2.68. The maximum absolute atomic E-state index is 6.08. The fourth-order valence-corrected chi connectivity index (χ4v) is 3.22. The van der Waals surface area contributed by atoms with Crippen LogP contribution < -0.4 is 20.4 Å². The van der Waals surface area contributed by atoms with Crippen LogP contribution >= 0.6 is 0 Å². The fourth-order valence-electron chi connectivity index (χ4n) is 3.22. The van der Waals surface area contributed by atoms with Crippen molar-refractivity contribution in [1.29, 1.82) is 0 Å². The number of allylic oxidation sites excluding steroid dienone is 4. The molecule has 0 aromatic heterocycles. The lowest BCUT2D eigenvalue weighted by Gasteiger charge is -2.32. The first kappa shape index (κ1) is 13.0. The summed E-state index contributed by atoms with van der Waals surface area (Å²) in [6, 6.07) is 14.1. The van der Waals surface area contributed by atoms with E-state index in [4.69, 9.17) is 9.47 Å². The molecule has 2 aliphatic rings. The van der Waals surface area contributed by atoms with Gasteiger partial charge in [-0.1, -0.05) is 43.0 Å². The van der Waals surface area contributed by atoms with Crippen molar-refractivity contribution in [2.75, 3.05) is 0 Å². The van der Waals surface area contributed by atoms with Crippen molar-refractivity contribution >= 4 is 17.6 Å². The molecule has 0 saturated carbocycles. The molecule has 2 aliphatic heterocycles. The van der Waals surface area contributed by atoms with Crippen molar-refractivity contribution in [2.45, 2.75) is 6.92 Å². The van der Waals surface area contributed by atoms with E-state index in [-0.39, 0.29) is 6.71 Å². The molecule has 2 aromatic carbocycles. The highest BCUT2D eigenvalue weighted by Crippen LogP contribution is 2.34. The zero-order chi connectivity index (χ0) is 15.1. The molecule has 0 bridgehead atoms. The molecule has 0 radical (unpaired) electrons. The van der Waals surface area contributed by atoms with Gasteiger partial charge in [0, 0.05) is 5.46 Å². The third-order valence-electron chi connectivity index (χ3n) is 4.12. The smallest absolute Gasteiger partial charge is 0.260 e. The molecule has 2 heterocycles. The van der Waals surface area contributed by atoms with Crippen LogP contribution in [0.3, 0.4) is 0 Å². The summed E-state index contributed by atoms with van der Waals surface area (Å²) in [5.41, 5.74) is 3.32. The van der Waals surface area contributed by atoms with Crippen LogP contribution in [-0.2, 0) is 0 Å². The Morgan fingerprint density at radius 1 is 0.955 bits per heavy atom. The van der Waals surface area contributed by atoms with Gasteiger partial charge in [-0.2, -0.15) is 0 Å². The highest BCUT2D eigenvalue weighted by atomic mass is 16.5. The minimum atomic E-state index is 0.105. The minimum absolute atomic E-state index is 0.105. The van der Waals surface area contributed by atoms with Crippen molar-refractivity contribution in [3.8, 4) is 17.2 Å². The van der Waals surface area contributed by atoms with E-state index in [1.807, 2.05) is 61.5 Å². The highest BCUT2D eigenvalue weighted by Gasteiger charge is 2.39. The van der Waals surface area contributed by atoms with Crippen LogP contribution in [0.1, 0.15) is 6.92 Å². The van der Waals surface area contributed by atoms with Crippen LogP contribution in [0.2, 0.25) is 0 Å². The summed E-state index contributed by atoms with van der Waals surface area (Å²) in [4.78, 5) is 0. The summed E-state index contributed by atoms with van der Waals surface area (Å²) in [5, 5.41) is 0. The van der Waals surface area contributed by atoms with Gasteiger partial charge in [-0.3, -0.25) is 0 Å². The van der Waals surface area contributed by atoms with Crippen LogP contribution in [-0.4, -0.2) is 6.71 Å². The van der Waals surface area contributed by atoms with Gasteiger partial charge in [-0.05, 0) is 42.1 Å². The molecule has 22 heavy (non-hydrogen) atoms. The molecular weight excluding hydrogens is 271 g/mol. The van der Waals surface area contributed by atoms with Gasteiger partial charge in [0.25, 0.3) is 6.71 Å². The van der Waals surface area contributed by atoms with Gasteiger partial charge in [0.05, 0.1) is 0 Å². The van der Waals surface area contributed by atoms with E-state index < -0.39 is 0 Å². The molecule has 0 N–H and O–H groups in total. The Balaban J connectivity index is 2.04. The SMILES string of the molecule is C=CC1=C(/C=C\C)Oc2cccc3c2B1c1ccccc1O3. The van der Waals surface area contributed by atoms with E-state index in [0.29, 0.717) is 0 Å². The van der Waals surface area contributed by atoms with Crippen molar-refractivity contribution in [3.63, 3.8) is 0 Å². The Morgan fingerprint density at radius 3 is 2.45 bits per heavy atom. The van der Waals surface area contributed by atoms with Gasteiger partial charge < -0.3 is 9.47 Å². The Bertz CT molecular complexity index is 833. The molecule has 0 atom stereocenters. The van der Waals surface area contributed by atoms with Crippen molar-refractivity contribution in [1.82, 2.24) is 0 Å². The number of fused-ring (bicyclic) bond motifs is 2. The molecule has 3 heteroatoms. The second-order valence-electron chi connectivity index (χ2n) is 5.37. The van der Waals surface area contributed by atoms with Crippen molar-refractivity contribution in [2.24, 2.45) is 0 Å². The molecule has 106 valence electrons. The zero-order valence-electron chi connectivity index (χ0n) is 12.4. The van der Waals surface area contributed by atoms with E-state index in [1.165, 1.54) is 0 Å². The number of para-hydroxylation sites is 1. The first-order chi connectivity index (χ1) is 10.8. The Kier molecular flexibility index (Phi) is 2.93. The van der Waals surface area contributed by atoms with Crippen LogP contribution in [0, 0.1) is 0 Å². The predicted octanol–water partition coefficient (Wildman–Crippen LogP) is 3.35. The first-order valence-electron chi connectivity index (χ1n) is 7.40. The van der Waals surface area contributed by atoms with E-state index in [2.05, 4.69) is 12.6 Å². The molecule has 0 amide bonds. The van der Waals surface area contributed by atoms with Crippen LogP contribution in [0.4, 0.5) is 0 Å². The van der Waals surface area contributed by atoms with Gasteiger partial charge in [-0.15, -0.1) is 0 Å². The Labute approximate surface area is 130 Å². The van der Waals surface area contributed by atoms with Crippen molar-refractivity contribution < 1.29 is 9.47 Å². The molecule has 2 aromatic rings. The van der Waals surface area contributed by atoms with Crippen molar-refractivity contribution in [3.05, 3.63) is 78.5 Å². The maximum Gasteiger partial charge on any atom is 0.260 e. The van der Waals surface area contributed by atoms with Gasteiger partial charge in [0.15, 0.2) is 0 Å². The predicted molar refractivity (Wildman–Crippen MR) is 90.6 cm³/mol. The fraction of sp³-hybridized carbons (Fsp3) is 0.0526. The molecule has 0 saturated heterocycles. The number of hydrogen-bond acceptors (Lipinski definition) is 2. The molecule has 0 fully saturated rings. The van der Waals surface area contributed by atoms with E-state index in [0.717, 1.165) is 39.4 Å². The maximum atomic E-state index is 6.08. The Morgan fingerprint density at radius 2 is 1.68 bits per heavy atom. The molecule has 2 nitrogen and oxygen atoms in total. The minimum Gasteiger partial charge on any atom is -0.458 e. The monoisotopic (exact) mass is 286 g/mol. The second kappa shape index (κ2) is 4.95. The largest absolute Gasteiger partial charge is 0.458 e. The first-order valence-corrected chi connectivity index (χ1v) is 7.40. The number of benzene rings is 2. The molecule has 0 aliphatic carbocycles. The average molecular weight is 286 g/mol. The molecule has 0 spiro atoms. The van der Waals surface area contributed by atoms with E-state index in [1.54, 1.807) is 0 Å². The second-order valence-corrected chi connectivity index (χ2v) is 5.37. The number of ether oxygens (including phenoxy) is 2. The van der Waals surface area contributed by atoms with Gasteiger partial charge in [0.1, 0.15) is 23.0 Å². The van der Waals surface area contributed by atoms with Crippen LogP contribution in [0.5, 0.6) is 17.2 Å². The zero-order valence-corrected chi connectivity index (χ0v) is 12.4. The summed E-state index contributed by atoms with van der Waals surface area (Å²) < 4.78 is 12.1. The normalized spacial score (nSPS) is 15.0. The van der Waals surface area contributed by atoms with Crippen LogP contribution in [0.25, 0.3) is 0 Å². The van der Waals surface area contributed by atoms with Gasteiger partial charge in [-0.25, -0.2) is 0 Å². The summed E-state index contributed by atoms with van der Waals surface area (Å²) in [6.07, 6.45) is 5.87. The topological polar surface area (TPSA) is 18.5 Å². The van der Waals surface area contributed by atoms with E-state index >= 15 is 0 Å². The lowest BCUT2D eigenvalue weighted by molar-refractivity contribution is 0.434. The summed E-state index contributed by atoms with van der Waals surface area (Å²) in [5.74, 6) is 3.47. The average Bonchev–Trinajstić information content (AvgIpc) is 2.55. The molecule has 0 unspecified atom stereocenters. The number of hydrogen-bond donors (Lipinski definition) is 0. The molecular formula is C19H15BO2. The summed E-state index contributed by atoms with van der Waals surface area (Å²) >= 11 is 0. The lowest BCUT2D eigenvalue weighted by Crippen LogP contribution is -2.50. The van der Waals surface area contributed by atoms with E-state index in [9.17, 15) is 0 Å². The third-order valence-corrected chi connectivity index (χ3v) is 4.12.